The van der Waals surface area contributed by atoms with Crippen LogP contribution in [0, 0.1) is 0 Å². The minimum atomic E-state index is 0.751. The third kappa shape index (κ3) is 2.44. The minimum Gasteiger partial charge on any atom is -0.285 e. The van der Waals surface area contributed by atoms with Crippen LogP contribution in [0.25, 0.3) is 0 Å². The molecule has 0 amide bonds. The molecule has 15 heavy (non-hydrogen) atoms. The quantitative estimate of drug-likeness (QED) is 0.341. The molecule has 0 atom stereocenters. The summed E-state index contributed by atoms with van der Waals surface area (Å²) in [7, 11) is 0. The molecule has 0 spiro atoms. The topological polar surface area (TPSA) is 23.2 Å². The molecule has 2 aromatic carbocycles. The summed E-state index contributed by atoms with van der Waals surface area (Å²) >= 11 is 0. The van der Waals surface area contributed by atoms with Crippen LogP contribution < -0.4 is 0 Å². The maximum atomic E-state index is 9.75. The molecule has 0 aliphatic carbocycles. The van der Waals surface area contributed by atoms with Gasteiger partial charge in [-0.25, -0.2) is 0 Å². The molecule has 0 radical (unpaired) electrons. The van der Waals surface area contributed by atoms with Crippen LogP contribution in [0.15, 0.2) is 60.7 Å². The van der Waals surface area contributed by atoms with Crippen molar-refractivity contribution in [3.05, 3.63) is 66.2 Å². The van der Waals surface area contributed by atoms with Gasteiger partial charge >= 0.3 is 0 Å². The zero-order chi connectivity index (χ0) is 10.5. The predicted octanol–water partition coefficient (Wildman–Crippen LogP) is 2.84. The Labute approximate surface area is 88.7 Å². The summed E-state index contributed by atoms with van der Waals surface area (Å²) in [6, 6.07) is 19.1. The molecular formula is C13H12NO+. The van der Waals surface area contributed by atoms with Crippen molar-refractivity contribution >= 4 is 11.9 Å². The Kier molecular flexibility index (Phi) is 2.79. The first-order valence-electron chi connectivity index (χ1n) is 4.79. The maximum Gasteiger partial charge on any atom is 0.257 e. The smallest absolute Gasteiger partial charge is 0.257 e. The normalized spacial score (nSPS) is 11.3. The van der Waals surface area contributed by atoms with Crippen LogP contribution in [-0.4, -0.2) is 16.2 Å². The molecule has 0 fully saturated rings. The molecule has 2 rings (SSSR count). The predicted molar refractivity (Wildman–Crippen MR) is 59.8 cm³/mol. The van der Waals surface area contributed by atoms with Gasteiger partial charge in [0.15, 0.2) is 0 Å². The van der Waals surface area contributed by atoms with Gasteiger partial charge < -0.3 is 0 Å². The lowest BCUT2D eigenvalue weighted by Gasteiger charge is -1.92. The molecule has 0 aliphatic heterocycles. The molecule has 0 aromatic heterocycles. The second-order valence-corrected chi connectivity index (χ2v) is 3.22. The summed E-state index contributed by atoms with van der Waals surface area (Å²) < 4.78 is 1.12. The monoisotopic (exact) mass is 198 g/mol. The van der Waals surface area contributed by atoms with Crippen molar-refractivity contribution in [3.8, 4) is 0 Å². The van der Waals surface area contributed by atoms with Gasteiger partial charge in [-0.3, -0.25) is 5.21 Å². The standard InChI is InChI=1S/C13H12NO/c15-14(13-9-5-2-6-10-13)11-12-7-3-1-4-8-12/h1-11,15H/q+1. The van der Waals surface area contributed by atoms with Crippen LogP contribution in [-0.2, 0) is 0 Å². The summed E-state index contributed by atoms with van der Waals surface area (Å²) in [6.07, 6.45) is 1.68. The van der Waals surface area contributed by atoms with E-state index in [1.807, 2.05) is 60.7 Å². The van der Waals surface area contributed by atoms with Crippen LogP contribution in [0.5, 0.6) is 0 Å². The van der Waals surface area contributed by atoms with Crippen LogP contribution in [0.1, 0.15) is 5.56 Å². The van der Waals surface area contributed by atoms with E-state index in [4.69, 9.17) is 0 Å². The van der Waals surface area contributed by atoms with Gasteiger partial charge in [0.2, 0.25) is 6.21 Å². The molecular weight excluding hydrogens is 186 g/mol. The maximum absolute atomic E-state index is 9.75. The second kappa shape index (κ2) is 4.42. The lowest BCUT2D eigenvalue weighted by Crippen LogP contribution is -2.01. The van der Waals surface area contributed by atoms with Gasteiger partial charge in [0.1, 0.15) is 0 Å². The summed E-state index contributed by atoms with van der Waals surface area (Å²) in [5.74, 6) is 0. The van der Waals surface area contributed by atoms with E-state index in [1.165, 1.54) is 0 Å². The van der Waals surface area contributed by atoms with Crippen LogP contribution in [0.4, 0.5) is 5.69 Å². The SMILES string of the molecule is O[N+](=Cc1ccccc1)c1ccccc1. The zero-order valence-electron chi connectivity index (χ0n) is 8.25. The first-order chi connectivity index (χ1) is 7.36. The first-order valence-corrected chi connectivity index (χ1v) is 4.79. The molecule has 0 unspecified atom stereocenters. The fraction of sp³-hybridized carbons (Fsp3) is 0. The highest BCUT2D eigenvalue weighted by Gasteiger charge is 2.05. The van der Waals surface area contributed by atoms with Gasteiger partial charge in [-0.2, -0.15) is 0 Å². The molecule has 0 saturated heterocycles. The molecule has 1 N–H and O–H groups in total. The highest BCUT2D eigenvalue weighted by molar-refractivity contribution is 5.75. The largest absolute Gasteiger partial charge is 0.285 e. The third-order valence-electron chi connectivity index (χ3n) is 2.09. The second-order valence-electron chi connectivity index (χ2n) is 3.22. The Hall–Kier alpha value is -2.09. The van der Waals surface area contributed by atoms with Crippen molar-refractivity contribution in [2.75, 3.05) is 0 Å². The lowest BCUT2D eigenvalue weighted by molar-refractivity contribution is -0.709. The highest BCUT2D eigenvalue weighted by atomic mass is 16.5. The lowest BCUT2D eigenvalue weighted by atomic mass is 10.2. The summed E-state index contributed by atoms with van der Waals surface area (Å²) in [5.41, 5.74) is 1.71. The van der Waals surface area contributed by atoms with Crippen molar-refractivity contribution in [1.29, 1.82) is 0 Å². The van der Waals surface area contributed by atoms with E-state index in [9.17, 15) is 5.21 Å². The molecule has 0 heterocycles. The van der Waals surface area contributed by atoms with E-state index in [0.29, 0.717) is 0 Å². The number of hydrogen-bond acceptors (Lipinski definition) is 1. The fourth-order valence-corrected chi connectivity index (χ4v) is 1.34. The van der Waals surface area contributed by atoms with E-state index in [1.54, 1.807) is 6.21 Å². The number of rotatable bonds is 2. The van der Waals surface area contributed by atoms with Gasteiger partial charge in [0, 0.05) is 22.4 Å². The fourth-order valence-electron chi connectivity index (χ4n) is 1.34. The molecule has 2 nitrogen and oxygen atoms in total. The van der Waals surface area contributed by atoms with Gasteiger partial charge in [-0.05, 0) is 12.1 Å². The van der Waals surface area contributed by atoms with Crippen LogP contribution in [0.2, 0.25) is 0 Å². The molecule has 0 bridgehead atoms. The molecule has 0 aliphatic rings. The summed E-state index contributed by atoms with van der Waals surface area (Å²) in [6.45, 7) is 0. The van der Waals surface area contributed by atoms with Crippen molar-refractivity contribution < 1.29 is 9.95 Å². The van der Waals surface area contributed by atoms with E-state index in [2.05, 4.69) is 0 Å². The molecule has 74 valence electrons. The summed E-state index contributed by atoms with van der Waals surface area (Å²) in [4.78, 5) is 0. The van der Waals surface area contributed by atoms with Crippen molar-refractivity contribution in [3.63, 3.8) is 0 Å². The molecule has 0 saturated carbocycles. The average molecular weight is 198 g/mol. The Morgan fingerprint density at radius 3 is 1.93 bits per heavy atom. The Morgan fingerprint density at radius 2 is 1.33 bits per heavy atom. The number of para-hydroxylation sites is 1. The average Bonchev–Trinajstić information content (AvgIpc) is 2.31. The summed E-state index contributed by atoms with van der Waals surface area (Å²) in [5, 5.41) is 9.75. The van der Waals surface area contributed by atoms with E-state index < -0.39 is 0 Å². The van der Waals surface area contributed by atoms with Crippen molar-refractivity contribution in [2.24, 2.45) is 0 Å². The zero-order valence-corrected chi connectivity index (χ0v) is 8.25. The van der Waals surface area contributed by atoms with Gasteiger partial charge in [-0.15, -0.1) is 0 Å². The van der Waals surface area contributed by atoms with E-state index in [0.717, 1.165) is 16.0 Å². The van der Waals surface area contributed by atoms with Crippen LogP contribution in [0.3, 0.4) is 0 Å². The number of nitrogens with zero attached hydrogens (tertiary/aromatic N) is 1. The number of hydrogen-bond donors (Lipinski definition) is 1. The molecule has 2 aromatic rings. The Bertz CT molecular complexity index is 448. The van der Waals surface area contributed by atoms with Crippen molar-refractivity contribution in [1.82, 2.24) is 0 Å². The first kappa shape index (κ1) is 9.46. The highest BCUT2D eigenvalue weighted by Crippen LogP contribution is 2.08. The Morgan fingerprint density at radius 1 is 0.800 bits per heavy atom. The van der Waals surface area contributed by atoms with E-state index in [-0.39, 0.29) is 0 Å². The third-order valence-corrected chi connectivity index (χ3v) is 2.09. The minimum absolute atomic E-state index is 0.751. The van der Waals surface area contributed by atoms with E-state index >= 15 is 0 Å². The van der Waals surface area contributed by atoms with Crippen LogP contribution >= 0.6 is 0 Å². The van der Waals surface area contributed by atoms with Gasteiger partial charge in [-0.1, -0.05) is 36.4 Å². The van der Waals surface area contributed by atoms with Crippen molar-refractivity contribution in [2.45, 2.75) is 0 Å². The van der Waals surface area contributed by atoms with Gasteiger partial charge in [0.25, 0.3) is 5.69 Å². The molecule has 2 heteroatoms. The number of benzene rings is 2. The Balaban J connectivity index is 2.29. The van der Waals surface area contributed by atoms with Gasteiger partial charge in [0.05, 0.1) is 0 Å².